The zero-order chi connectivity index (χ0) is 8.48. The average Bonchev–Trinajstić information content (AvgIpc) is 2.10. The fourth-order valence-electron chi connectivity index (χ4n) is 0.776. The smallest absolute Gasteiger partial charge is 0.273 e. The summed E-state index contributed by atoms with van der Waals surface area (Å²) in [6, 6.07) is 0. The van der Waals surface area contributed by atoms with E-state index in [1.807, 2.05) is 0 Å². The Labute approximate surface area is 60.5 Å². The molecule has 1 aliphatic heterocycles. The Balaban J connectivity index is 2.34. The van der Waals surface area contributed by atoms with E-state index in [0.29, 0.717) is 0 Å². The molecule has 63 valence electrons. The lowest BCUT2D eigenvalue weighted by Gasteiger charge is -2.11. The number of carbonyl (C=O) groups excluding carboxylic acids is 1. The molecule has 0 spiro atoms. The largest absolute Gasteiger partial charge is 0.524 e. The van der Waals surface area contributed by atoms with E-state index < -0.39 is 18.5 Å². The van der Waals surface area contributed by atoms with Crippen molar-refractivity contribution in [2.24, 2.45) is 0 Å². The molecule has 1 fully saturated rings. The summed E-state index contributed by atoms with van der Waals surface area (Å²) >= 11 is 0. The Morgan fingerprint density at radius 3 is 2.55 bits per heavy atom. The van der Waals surface area contributed by atoms with Crippen molar-refractivity contribution in [2.75, 3.05) is 0 Å². The van der Waals surface area contributed by atoms with Gasteiger partial charge >= 0.3 is 6.36 Å². The Kier molecular flexibility index (Phi) is 2.03. The van der Waals surface area contributed by atoms with E-state index in [1.54, 1.807) is 0 Å². The van der Waals surface area contributed by atoms with Gasteiger partial charge in [-0.3, -0.25) is 9.53 Å². The van der Waals surface area contributed by atoms with Crippen LogP contribution in [0.3, 0.4) is 0 Å². The number of rotatable bonds is 1. The third-order valence-corrected chi connectivity index (χ3v) is 1.16. The van der Waals surface area contributed by atoms with Crippen molar-refractivity contribution < 1.29 is 22.7 Å². The molecule has 1 heterocycles. The summed E-state index contributed by atoms with van der Waals surface area (Å²) in [6.07, 6.45) is -5.94. The number of alkyl halides is 3. The molecular formula is C5H5F3NO2. The van der Waals surface area contributed by atoms with E-state index in [4.69, 9.17) is 0 Å². The quantitative estimate of drug-likeness (QED) is 0.580. The van der Waals surface area contributed by atoms with E-state index in [9.17, 15) is 18.0 Å². The van der Waals surface area contributed by atoms with Gasteiger partial charge in [0.1, 0.15) is 0 Å². The van der Waals surface area contributed by atoms with Crippen LogP contribution in [0.25, 0.3) is 0 Å². The highest BCUT2D eigenvalue weighted by Crippen LogP contribution is 2.22. The van der Waals surface area contributed by atoms with Gasteiger partial charge in [0.2, 0.25) is 5.91 Å². The van der Waals surface area contributed by atoms with Gasteiger partial charge < -0.3 is 0 Å². The third kappa shape index (κ3) is 2.75. The van der Waals surface area contributed by atoms with Crippen molar-refractivity contribution in [3.8, 4) is 0 Å². The second-order valence-corrected chi connectivity index (χ2v) is 2.08. The standard InChI is InChI=1S/C5H5F3NO2/c6-5(7,8)11-4-2-1-3(10)9-4/h4H,1-2H2. The molecule has 0 N–H and O–H groups in total. The molecule has 6 heteroatoms. The molecule has 1 saturated heterocycles. The molecule has 0 aliphatic carbocycles. The van der Waals surface area contributed by atoms with Gasteiger partial charge in [-0.2, -0.15) is 0 Å². The van der Waals surface area contributed by atoms with Crippen LogP contribution >= 0.6 is 0 Å². The Hall–Kier alpha value is -0.780. The van der Waals surface area contributed by atoms with Crippen LogP contribution in [0.4, 0.5) is 13.2 Å². The lowest BCUT2D eigenvalue weighted by atomic mass is 10.3. The summed E-state index contributed by atoms with van der Waals surface area (Å²) in [4.78, 5) is 10.3. The van der Waals surface area contributed by atoms with Crippen molar-refractivity contribution in [3.05, 3.63) is 0 Å². The predicted molar refractivity (Wildman–Crippen MR) is 27.3 cm³/mol. The first-order valence-corrected chi connectivity index (χ1v) is 2.95. The molecular weight excluding hydrogens is 163 g/mol. The van der Waals surface area contributed by atoms with Crippen molar-refractivity contribution in [1.29, 1.82) is 0 Å². The number of hydrogen-bond acceptors (Lipinski definition) is 2. The summed E-state index contributed by atoms with van der Waals surface area (Å²) in [6.45, 7) is 0. The fraction of sp³-hybridized carbons (Fsp3) is 0.800. The molecule has 0 bridgehead atoms. The monoisotopic (exact) mass is 168 g/mol. The zero-order valence-corrected chi connectivity index (χ0v) is 5.39. The van der Waals surface area contributed by atoms with Crippen LogP contribution in [-0.2, 0) is 9.53 Å². The fourth-order valence-corrected chi connectivity index (χ4v) is 0.776. The molecule has 1 aliphatic rings. The maximum Gasteiger partial charge on any atom is 0.524 e. The normalized spacial score (nSPS) is 25.4. The molecule has 1 atom stereocenters. The first-order valence-electron chi connectivity index (χ1n) is 2.95. The van der Waals surface area contributed by atoms with Crippen molar-refractivity contribution >= 4 is 5.91 Å². The number of amides is 1. The van der Waals surface area contributed by atoms with Crippen molar-refractivity contribution in [3.63, 3.8) is 0 Å². The minimum atomic E-state index is -4.70. The summed E-state index contributed by atoms with van der Waals surface area (Å²) in [5, 5.41) is 3.09. The highest BCUT2D eigenvalue weighted by Gasteiger charge is 2.37. The Morgan fingerprint density at radius 2 is 2.18 bits per heavy atom. The number of halogens is 3. The van der Waals surface area contributed by atoms with Crippen molar-refractivity contribution in [2.45, 2.75) is 25.4 Å². The number of nitrogens with zero attached hydrogens (tertiary/aromatic N) is 1. The molecule has 3 nitrogen and oxygen atoms in total. The van der Waals surface area contributed by atoms with Gasteiger partial charge in [-0.05, 0) is 0 Å². The SMILES string of the molecule is O=C1CCC(OC(F)(F)F)[N]1. The summed E-state index contributed by atoms with van der Waals surface area (Å²) in [5.74, 6) is -0.528. The third-order valence-electron chi connectivity index (χ3n) is 1.16. The van der Waals surface area contributed by atoms with E-state index in [1.165, 1.54) is 0 Å². The van der Waals surface area contributed by atoms with Crippen LogP contribution in [0.5, 0.6) is 0 Å². The van der Waals surface area contributed by atoms with Crippen LogP contribution in [-0.4, -0.2) is 18.5 Å². The van der Waals surface area contributed by atoms with Crippen LogP contribution in [0.1, 0.15) is 12.8 Å². The van der Waals surface area contributed by atoms with Crippen molar-refractivity contribution in [1.82, 2.24) is 5.32 Å². The van der Waals surface area contributed by atoms with E-state index >= 15 is 0 Å². The molecule has 0 aromatic rings. The lowest BCUT2D eigenvalue weighted by molar-refractivity contribution is -0.344. The van der Waals surface area contributed by atoms with E-state index in [0.717, 1.165) is 0 Å². The van der Waals surface area contributed by atoms with Gasteiger partial charge in [-0.15, -0.1) is 13.2 Å². The second-order valence-electron chi connectivity index (χ2n) is 2.08. The molecule has 1 amide bonds. The minimum Gasteiger partial charge on any atom is -0.273 e. The highest BCUT2D eigenvalue weighted by molar-refractivity contribution is 5.77. The van der Waals surface area contributed by atoms with E-state index in [2.05, 4.69) is 10.1 Å². The van der Waals surface area contributed by atoms with Crippen LogP contribution < -0.4 is 5.32 Å². The summed E-state index contributed by atoms with van der Waals surface area (Å²) in [7, 11) is 0. The molecule has 0 aromatic carbocycles. The number of ether oxygens (including phenoxy) is 1. The van der Waals surface area contributed by atoms with Gasteiger partial charge in [0.25, 0.3) is 0 Å². The van der Waals surface area contributed by atoms with Gasteiger partial charge in [0, 0.05) is 12.8 Å². The predicted octanol–water partition coefficient (Wildman–Crippen LogP) is 0.774. The zero-order valence-electron chi connectivity index (χ0n) is 5.39. The maximum atomic E-state index is 11.4. The topological polar surface area (TPSA) is 40.4 Å². The number of hydrogen-bond donors (Lipinski definition) is 0. The Morgan fingerprint density at radius 1 is 1.55 bits per heavy atom. The van der Waals surface area contributed by atoms with E-state index in [-0.39, 0.29) is 12.8 Å². The molecule has 1 rings (SSSR count). The first-order chi connectivity index (χ1) is 4.97. The molecule has 1 radical (unpaired) electrons. The molecule has 0 saturated carbocycles. The van der Waals surface area contributed by atoms with Crippen LogP contribution in [0.15, 0.2) is 0 Å². The van der Waals surface area contributed by atoms with Gasteiger partial charge in [-0.25, -0.2) is 5.32 Å². The molecule has 0 aromatic heterocycles. The summed E-state index contributed by atoms with van der Waals surface area (Å²) in [5.41, 5.74) is 0. The average molecular weight is 168 g/mol. The minimum absolute atomic E-state index is 0.0261. The van der Waals surface area contributed by atoms with Gasteiger partial charge in [0.05, 0.1) is 0 Å². The molecule has 11 heavy (non-hydrogen) atoms. The van der Waals surface area contributed by atoms with Crippen LogP contribution in [0, 0.1) is 0 Å². The molecule has 1 unspecified atom stereocenters. The second kappa shape index (κ2) is 2.69. The summed E-state index contributed by atoms with van der Waals surface area (Å²) < 4.78 is 37.8. The maximum absolute atomic E-state index is 11.4. The number of carbonyl (C=O) groups is 1. The highest BCUT2D eigenvalue weighted by atomic mass is 19.4. The Bertz CT molecular complexity index is 168. The van der Waals surface area contributed by atoms with Gasteiger partial charge in [0.15, 0.2) is 6.23 Å². The van der Waals surface area contributed by atoms with Crippen LogP contribution in [0.2, 0.25) is 0 Å². The van der Waals surface area contributed by atoms with Gasteiger partial charge in [-0.1, -0.05) is 0 Å². The lowest BCUT2D eigenvalue weighted by Crippen LogP contribution is -2.28. The first kappa shape index (κ1) is 8.32.